The van der Waals surface area contributed by atoms with E-state index in [0.29, 0.717) is 24.4 Å². The molecule has 0 saturated carbocycles. The van der Waals surface area contributed by atoms with Gasteiger partial charge in [-0.2, -0.15) is 0 Å². The molecule has 0 aliphatic carbocycles. The molecule has 1 unspecified atom stereocenters. The minimum absolute atomic E-state index is 0.112. The maximum atomic E-state index is 11.5. The Morgan fingerprint density at radius 1 is 1.50 bits per heavy atom. The van der Waals surface area contributed by atoms with E-state index in [1.807, 2.05) is 0 Å². The summed E-state index contributed by atoms with van der Waals surface area (Å²) in [4.78, 5) is 11.5. The molecule has 0 saturated heterocycles. The summed E-state index contributed by atoms with van der Waals surface area (Å²) < 4.78 is 10.2. The van der Waals surface area contributed by atoms with E-state index >= 15 is 0 Å². The van der Waals surface area contributed by atoms with Gasteiger partial charge in [0.25, 0.3) is 0 Å². The number of benzene rings is 1. The SMILES string of the molecule is COCC(O)CCNC(=O)CCOc1cccc(N)c1. The fourth-order valence-electron chi connectivity index (χ4n) is 1.61. The first-order chi connectivity index (χ1) is 9.61. The molecule has 1 aromatic rings. The molecule has 0 aliphatic rings. The normalized spacial score (nSPS) is 11.9. The number of rotatable bonds is 9. The number of aliphatic hydroxyl groups is 1. The number of amides is 1. The highest BCUT2D eigenvalue weighted by Gasteiger charge is 2.05. The number of nitrogens with two attached hydrogens (primary N) is 1. The van der Waals surface area contributed by atoms with Crippen molar-refractivity contribution in [1.82, 2.24) is 5.32 Å². The van der Waals surface area contributed by atoms with Crippen molar-refractivity contribution < 1.29 is 19.4 Å². The van der Waals surface area contributed by atoms with E-state index in [-0.39, 0.29) is 25.5 Å². The van der Waals surface area contributed by atoms with Gasteiger partial charge in [0.15, 0.2) is 0 Å². The predicted molar refractivity (Wildman–Crippen MR) is 76.5 cm³/mol. The fourth-order valence-corrected chi connectivity index (χ4v) is 1.61. The Morgan fingerprint density at radius 3 is 3.00 bits per heavy atom. The second-order valence-electron chi connectivity index (χ2n) is 4.42. The average Bonchev–Trinajstić information content (AvgIpc) is 2.39. The summed E-state index contributed by atoms with van der Waals surface area (Å²) in [5.74, 6) is 0.534. The number of anilines is 1. The van der Waals surface area contributed by atoms with Crippen LogP contribution >= 0.6 is 0 Å². The summed E-state index contributed by atoms with van der Waals surface area (Å²) in [5.41, 5.74) is 6.24. The Hall–Kier alpha value is -1.79. The summed E-state index contributed by atoms with van der Waals surface area (Å²) in [6, 6.07) is 7.06. The second kappa shape index (κ2) is 9.17. The van der Waals surface area contributed by atoms with Crippen molar-refractivity contribution in [3.05, 3.63) is 24.3 Å². The van der Waals surface area contributed by atoms with Gasteiger partial charge in [-0.1, -0.05) is 6.07 Å². The molecule has 1 aromatic carbocycles. The monoisotopic (exact) mass is 282 g/mol. The van der Waals surface area contributed by atoms with Crippen LogP contribution in [0.1, 0.15) is 12.8 Å². The van der Waals surface area contributed by atoms with E-state index in [1.165, 1.54) is 7.11 Å². The van der Waals surface area contributed by atoms with Crippen molar-refractivity contribution in [3.63, 3.8) is 0 Å². The molecule has 1 amide bonds. The highest BCUT2D eigenvalue weighted by Crippen LogP contribution is 2.14. The molecule has 112 valence electrons. The molecule has 0 bridgehead atoms. The first-order valence-electron chi connectivity index (χ1n) is 6.54. The molecule has 6 nitrogen and oxygen atoms in total. The zero-order chi connectivity index (χ0) is 14.8. The number of carbonyl (C=O) groups excluding carboxylic acids is 1. The van der Waals surface area contributed by atoms with E-state index < -0.39 is 6.10 Å². The zero-order valence-corrected chi connectivity index (χ0v) is 11.7. The largest absolute Gasteiger partial charge is 0.493 e. The lowest BCUT2D eigenvalue weighted by Gasteiger charge is -2.10. The number of hydrogen-bond donors (Lipinski definition) is 3. The molecular formula is C14H22N2O4. The molecule has 1 rings (SSSR count). The third-order valence-electron chi connectivity index (χ3n) is 2.61. The molecule has 1 atom stereocenters. The predicted octanol–water partition coefficient (Wildman–Crippen LogP) is 0.551. The molecule has 20 heavy (non-hydrogen) atoms. The Morgan fingerprint density at radius 2 is 2.30 bits per heavy atom. The molecule has 0 heterocycles. The molecule has 0 radical (unpaired) electrons. The van der Waals surface area contributed by atoms with Gasteiger partial charge in [-0.3, -0.25) is 4.79 Å². The summed E-state index contributed by atoms with van der Waals surface area (Å²) in [7, 11) is 1.52. The lowest BCUT2D eigenvalue weighted by atomic mass is 10.2. The van der Waals surface area contributed by atoms with E-state index in [4.69, 9.17) is 15.2 Å². The van der Waals surface area contributed by atoms with Gasteiger partial charge in [0.2, 0.25) is 5.91 Å². The summed E-state index contributed by atoms with van der Waals surface area (Å²) >= 11 is 0. The summed E-state index contributed by atoms with van der Waals surface area (Å²) in [6.07, 6.45) is 0.175. The highest BCUT2D eigenvalue weighted by molar-refractivity contribution is 5.75. The maximum absolute atomic E-state index is 11.5. The van der Waals surface area contributed by atoms with Gasteiger partial charge in [0.1, 0.15) is 5.75 Å². The molecule has 0 aromatic heterocycles. The van der Waals surface area contributed by atoms with Crippen LogP contribution in [0, 0.1) is 0 Å². The van der Waals surface area contributed by atoms with Crippen LogP contribution in [0.25, 0.3) is 0 Å². The smallest absolute Gasteiger partial charge is 0.223 e. The Bertz CT molecular complexity index is 412. The van der Waals surface area contributed by atoms with Gasteiger partial charge >= 0.3 is 0 Å². The van der Waals surface area contributed by atoms with Crippen molar-refractivity contribution in [2.24, 2.45) is 0 Å². The van der Waals surface area contributed by atoms with Gasteiger partial charge < -0.3 is 25.6 Å². The van der Waals surface area contributed by atoms with Gasteiger partial charge in [0, 0.05) is 25.4 Å². The van der Waals surface area contributed by atoms with Crippen LogP contribution in [0.2, 0.25) is 0 Å². The van der Waals surface area contributed by atoms with E-state index in [1.54, 1.807) is 24.3 Å². The third-order valence-corrected chi connectivity index (χ3v) is 2.61. The van der Waals surface area contributed by atoms with Gasteiger partial charge in [-0.05, 0) is 18.6 Å². The minimum Gasteiger partial charge on any atom is -0.493 e. The van der Waals surface area contributed by atoms with E-state index in [0.717, 1.165) is 0 Å². The van der Waals surface area contributed by atoms with Crippen molar-refractivity contribution >= 4 is 11.6 Å². The number of carbonyl (C=O) groups is 1. The summed E-state index contributed by atoms with van der Waals surface area (Å²) in [6.45, 7) is 0.978. The van der Waals surface area contributed by atoms with Crippen LogP contribution < -0.4 is 15.8 Å². The summed E-state index contributed by atoms with van der Waals surface area (Å²) in [5, 5.41) is 12.1. The standard InChI is InChI=1S/C14H22N2O4/c1-19-10-12(17)5-7-16-14(18)6-8-20-13-4-2-3-11(15)9-13/h2-4,9,12,17H,5-8,10,15H2,1H3,(H,16,18). The van der Waals surface area contributed by atoms with Crippen molar-refractivity contribution in [1.29, 1.82) is 0 Å². The van der Waals surface area contributed by atoms with Gasteiger partial charge in [-0.25, -0.2) is 0 Å². The number of nitrogen functional groups attached to an aromatic ring is 1. The van der Waals surface area contributed by atoms with Crippen LogP contribution in [0.15, 0.2) is 24.3 Å². The van der Waals surface area contributed by atoms with Crippen molar-refractivity contribution in [2.75, 3.05) is 32.6 Å². The van der Waals surface area contributed by atoms with E-state index in [9.17, 15) is 9.90 Å². The number of aliphatic hydroxyl groups excluding tert-OH is 1. The molecule has 0 aliphatic heterocycles. The van der Waals surface area contributed by atoms with Crippen LogP contribution in [0.4, 0.5) is 5.69 Å². The Labute approximate surface area is 118 Å². The minimum atomic E-state index is -0.552. The molecule has 6 heteroatoms. The third kappa shape index (κ3) is 6.96. The zero-order valence-electron chi connectivity index (χ0n) is 11.7. The lowest BCUT2D eigenvalue weighted by Crippen LogP contribution is -2.29. The lowest BCUT2D eigenvalue weighted by molar-refractivity contribution is -0.121. The maximum Gasteiger partial charge on any atom is 0.223 e. The van der Waals surface area contributed by atoms with E-state index in [2.05, 4.69) is 5.32 Å². The van der Waals surface area contributed by atoms with Gasteiger partial charge in [-0.15, -0.1) is 0 Å². The highest BCUT2D eigenvalue weighted by atomic mass is 16.5. The number of nitrogens with one attached hydrogen (secondary N) is 1. The quantitative estimate of drug-likeness (QED) is 0.575. The topological polar surface area (TPSA) is 93.8 Å². The van der Waals surface area contributed by atoms with Crippen LogP contribution in [0.3, 0.4) is 0 Å². The molecular weight excluding hydrogens is 260 g/mol. The first kappa shape index (κ1) is 16.3. The molecule has 4 N–H and O–H groups in total. The number of methoxy groups -OCH3 is 1. The first-order valence-corrected chi connectivity index (χ1v) is 6.54. The van der Waals surface area contributed by atoms with Crippen LogP contribution in [0.5, 0.6) is 5.75 Å². The second-order valence-corrected chi connectivity index (χ2v) is 4.42. The van der Waals surface area contributed by atoms with Crippen molar-refractivity contribution in [2.45, 2.75) is 18.9 Å². The molecule has 0 fully saturated rings. The number of hydrogen-bond acceptors (Lipinski definition) is 5. The Balaban J connectivity index is 2.11. The van der Waals surface area contributed by atoms with Gasteiger partial charge in [0.05, 0.1) is 25.7 Å². The number of ether oxygens (including phenoxy) is 2. The van der Waals surface area contributed by atoms with Crippen LogP contribution in [-0.4, -0.2) is 44.0 Å². The van der Waals surface area contributed by atoms with Crippen LogP contribution in [-0.2, 0) is 9.53 Å². The average molecular weight is 282 g/mol. The van der Waals surface area contributed by atoms with Crippen molar-refractivity contribution in [3.8, 4) is 5.75 Å². The fraction of sp³-hybridized carbons (Fsp3) is 0.500. The Kier molecular flexibility index (Phi) is 7.46. The molecule has 0 spiro atoms.